The first-order valence-corrected chi connectivity index (χ1v) is 9.47. The highest BCUT2D eigenvalue weighted by atomic mass is 19.1. The van der Waals surface area contributed by atoms with E-state index in [1.54, 1.807) is 35.2 Å². The van der Waals surface area contributed by atoms with Gasteiger partial charge in [-0.1, -0.05) is 12.1 Å². The highest BCUT2D eigenvalue weighted by Gasteiger charge is 2.44. The molecule has 0 aliphatic carbocycles. The molecule has 1 aromatic carbocycles. The third-order valence-corrected chi connectivity index (χ3v) is 5.35. The number of rotatable bonds is 5. The molecule has 0 radical (unpaired) electrons. The standard InChI is InChI=1S/C20H22FN5O3/c1-3-25-18(11-27)26(16-8-22-17(12-29-2)23-19(16)25)20(28)24-9-14(10-24)13-4-6-15(21)7-5-13/h4-8,11,14,18H,3,9-10,12H2,1-2H3. The second kappa shape index (κ2) is 7.75. The number of ether oxygens (including phenoxy) is 1. The Kier molecular flexibility index (Phi) is 5.14. The average molecular weight is 399 g/mol. The van der Waals surface area contributed by atoms with Gasteiger partial charge in [-0.05, 0) is 24.6 Å². The number of halogens is 1. The maximum atomic E-state index is 13.2. The predicted molar refractivity (Wildman–Crippen MR) is 104 cm³/mol. The smallest absolute Gasteiger partial charge is 0.326 e. The lowest BCUT2D eigenvalue weighted by Crippen LogP contribution is -2.58. The van der Waals surface area contributed by atoms with E-state index in [1.165, 1.54) is 17.0 Å². The SMILES string of the molecule is CCN1c2nc(COC)ncc2N(C(=O)N2CC(c3ccc(F)cc3)C2)C1C=O. The molecular formula is C20H22FN5O3. The van der Waals surface area contributed by atoms with Crippen molar-refractivity contribution < 1.29 is 18.7 Å². The fraction of sp³-hybridized carbons (Fsp3) is 0.400. The van der Waals surface area contributed by atoms with Gasteiger partial charge in [0.25, 0.3) is 0 Å². The van der Waals surface area contributed by atoms with Crippen LogP contribution < -0.4 is 9.80 Å². The number of benzene rings is 1. The van der Waals surface area contributed by atoms with E-state index in [2.05, 4.69) is 9.97 Å². The lowest BCUT2D eigenvalue weighted by molar-refractivity contribution is -0.108. The number of carbonyl (C=O) groups excluding carboxylic acids is 2. The third-order valence-electron chi connectivity index (χ3n) is 5.35. The van der Waals surface area contributed by atoms with E-state index in [0.29, 0.717) is 37.0 Å². The fourth-order valence-electron chi connectivity index (χ4n) is 3.81. The van der Waals surface area contributed by atoms with Crippen LogP contribution in [0.1, 0.15) is 24.2 Å². The van der Waals surface area contributed by atoms with Crippen molar-refractivity contribution in [2.24, 2.45) is 0 Å². The Balaban J connectivity index is 1.55. The summed E-state index contributed by atoms with van der Waals surface area (Å²) < 4.78 is 18.2. The van der Waals surface area contributed by atoms with Gasteiger partial charge in [0, 0.05) is 32.7 Å². The van der Waals surface area contributed by atoms with E-state index < -0.39 is 6.17 Å². The molecule has 8 nitrogen and oxygen atoms in total. The number of likely N-dealkylation sites (N-methyl/N-ethyl adjacent to an activating group) is 1. The Hall–Kier alpha value is -3.07. The number of aromatic nitrogens is 2. The minimum Gasteiger partial charge on any atom is -0.377 e. The molecule has 29 heavy (non-hydrogen) atoms. The number of carbonyl (C=O) groups is 2. The van der Waals surface area contributed by atoms with Gasteiger partial charge in [0.05, 0.1) is 6.20 Å². The highest BCUT2D eigenvalue weighted by molar-refractivity contribution is 6.03. The summed E-state index contributed by atoms with van der Waals surface area (Å²) in [5.41, 5.74) is 1.51. The minimum absolute atomic E-state index is 0.152. The molecule has 1 atom stereocenters. The zero-order valence-corrected chi connectivity index (χ0v) is 16.3. The topological polar surface area (TPSA) is 78.9 Å². The average Bonchev–Trinajstić information content (AvgIpc) is 3.01. The molecule has 2 aliphatic rings. The Morgan fingerprint density at radius 2 is 2.03 bits per heavy atom. The van der Waals surface area contributed by atoms with E-state index in [-0.39, 0.29) is 24.4 Å². The molecule has 2 amide bonds. The molecule has 4 rings (SSSR count). The maximum Gasteiger partial charge on any atom is 0.326 e. The molecule has 0 saturated carbocycles. The Labute approximate surface area is 167 Å². The Morgan fingerprint density at radius 3 is 2.66 bits per heavy atom. The second-order valence-electron chi connectivity index (χ2n) is 7.07. The van der Waals surface area contributed by atoms with Crippen molar-refractivity contribution in [1.29, 1.82) is 0 Å². The van der Waals surface area contributed by atoms with Crippen molar-refractivity contribution in [1.82, 2.24) is 14.9 Å². The van der Waals surface area contributed by atoms with Crippen molar-refractivity contribution in [2.45, 2.75) is 25.6 Å². The molecule has 9 heteroatoms. The number of aldehydes is 1. The number of nitrogens with zero attached hydrogens (tertiary/aromatic N) is 5. The molecule has 3 heterocycles. The highest BCUT2D eigenvalue weighted by Crippen LogP contribution is 2.39. The van der Waals surface area contributed by atoms with Crippen LogP contribution in [0.4, 0.5) is 20.7 Å². The molecule has 2 aromatic rings. The van der Waals surface area contributed by atoms with Gasteiger partial charge >= 0.3 is 6.03 Å². The van der Waals surface area contributed by atoms with Gasteiger partial charge in [-0.2, -0.15) is 0 Å². The van der Waals surface area contributed by atoms with Gasteiger partial charge in [0.2, 0.25) is 0 Å². The normalized spacial score (nSPS) is 18.6. The van der Waals surface area contributed by atoms with Crippen molar-refractivity contribution in [3.8, 4) is 0 Å². The number of hydrogen-bond donors (Lipinski definition) is 0. The second-order valence-corrected chi connectivity index (χ2v) is 7.07. The van der Waals surface area contributed by atoms with E-state index in [4.69, 9.17) is 4.74 Å². The van der Waals surface area contributed by atoms with E-state index in [9.17, 15) is 14.0 Å². The molecule has 1 aromatic heterocycles. The number of likely N-dealkylation sites (tertiary alicyclic amines) is 1. The fourth-order valence-corrected chi connectivity index (χ4v) is 3.81. The lowest BCUT2D eigenvalue weighted by atomic mass is 9.92. The lowest BCUT2D eigenvalue weighted by Gasteiger charge is -2.42. The van der Waals surface area contributed by atoms with Crippen LogP contribution in [-0.2, 0) is 16.1 Å². The summed E-state index contributed by atoms with van der Waals surface area (Å²) in [5, 5.41) is 0. The number of anilines is 2. The monoisotopic (exact) mass is 399 g/mol. The number of fused-ring (bicyclic) bond motifs is 1. The molecule has 0 spiro atoms. The first kappa shape index (κ1) is 19.3. The van der Waals surface area contributed by atoms with Gasteiger partial charge in [0.1, 0.15) is 18.1 Å². The van der Waals surface area contributed by atoms with E-state index in [1.807, 2.05) is 6.92 Å². The molecule has 0 N–H and O–H groups in total. The van der Waals surface area contributed by atoms with Crippen molar-refractivity contribution >= 4 is 23.8 Å². The Morgan fingerprint density at radius 1 is 1.31 bits per heavy atom. The maximum absolute atomic E-state index is 13.2. The first-order valence-electron chi connectivity index (χ1n) is 9.47. The quantitative estimate of drug-likeness (QED) is 0.717. The third kappa shape index (κ3) is 3.31. The van der Waals surface area contributed by atoms with Gasteiger partial charge < -0.3 is 14.5 Å². The number of urea groups is 1. The van der Waals surface area contributed by atoms with E-state index >= 15 is 0 Å². The molecule has 0 bridgehead atoms. The first-order chi connectivity index (χ1) is 14.1. The van der Waals surface area contributed by atoms with Crippen molar-refractivity contribution in [3.63, 3.8) is 0 Å². The summed E-state index contributed by atoms with van der Waals surface area (Å²) in [5.74, 6) is 0.912. The minimum atomic E-state index is -0.764. The molecule has 1 fully saturated rings. The van der Waals surface area contributed by atoms with E-state index in [0.717, 1.165) is 11.8 Å². The Bertz CT molecular complexity index is 917. The molecule has 2 aliphatic heterocycles. The zero-order chi connectivity index (χ0) is 20.5. The van der Waals surface area contributed by atoms with Crippen molar-refractivity contribution in [3.05, 3.63) is 47.7 Å². The van der Waals surface area contributed by atoms with Gasteiger partial charge in [-0.25, -0.2) is 19.2 Å². The molecule has 1 saturated heterocycles. The van der Waals surface area contributed by atoms with Crippen LogP contribution in [0.3, 0.4) is 0 Å². The summed E-state index contributed by atoms with van der Waals surface area (Å²) in [6.45, 7) is 3.69. The summed E-state index contributed by atoms with van der Waals surface area (Å²) >= 11 is 0. The molecule has 152 valence electrons. The van der Waals surface area contributed by atoms with Gasteiger partial charge in [-0.15, -0.1) is 0 Å². The molecular weight excluding hydrogens is 377 g/mol. The number of amides is 2. The summed E-state index contributed by atoms with van der Waals surface area (Å²) in [6.07, 6.45) is 1.55. The summed E-state index contributed by atoms with van der Waals surface area (Å²) in [7, 11) is 1.56. The van der Waals surface area contributed by atoms with Crippen LogP contribution in [-0.4, -0.2) is 60.1 Å². The van der Waals surface area contributed by atoms with Crippen LogP contribution in [0.15, 0.2) is 30.5 Å². The van der Waals surface area contributed by atoms with Gasteiger partial charge in [0.15, 0.2) is 24.1 Å². The van der Waals surface area contributed by atoms with Gasteiger partial charge in [-0.3, -0.25) is 9.69 Å². The van der Waals surface area contributed by atoms with Crippen LogP contribution in [0.2, 0.25) is 0 Å². The van der Waals surface area contributed by atoms with Crippen molar-refractivity contribution in [2.75, 3.05) is 36.5 Å². The van der Waals surface area contributed by atoms with Crippen LogP contribution in [0, 0.1) is 5.82 Å². The van der Waals surface area contributed by atoms with Crippen LogP contribution in [0.5, 0.6) is 0 Å². The van der Waals surface area contributed by atoms with Crippen LogP contribution >= 0.6 is 0 Å². The molecule has 1 unspecified atom stereocenters. The predicted octanol–water partition coefficient (Wildman–Crippen LogP) is 2.15. The summed E-state index contributed by atoms with van der Waals surface area (Å²) in [4.78, 5) is 38.7. The number of hydrogen-bond acceptors (Lipinski definition) is 6. The zero-order valence-electron chi connectivity index (χ0n) is 16.3. The van der Waals surface area contributed by atoms with Crippen LogP contribution in [0.25, 0.3) is 0 Å². The number of methoxy groups -OCH3 is 1. The largest absolute Gasteiger partial charge is 0.377 e. The summed E-state index contributed by atoms with van der Waals surface area (Å²) in [6, 6.07) is 6.07.